The fraction of sp³-hybridized carbons (Fsp3) is 0.562. The Morgan fingerprint density at radius 1 is 1.33 bits per heavy atom. The molecule has 2 rings (SSSR count). The van der Waals surface area contributed by atoms with E-state index in [0.717, 1.165) is 31.4 Å². The van der Waals surface area contributed by atoms with Crippen LogP contribution in [0.3, 0.4) is 0 Å². The molecule has 1 unspecified atom stereocenters. The van der Waals surface area contributed by atoms with E-state index in [1.807, 2.05) is 0 Å². The molecule has 1 saturated carbocycles. The standard InChI is InChI=1S/C16H21F2NO2/c1-11(13-6-5-12(17)9-14(13)18)19-15(20)10-16(21)7-3-2-4-8-16/h5-6,9,11,21H,2-4,7-8,10H2,1H3,(H,19,20). The minimum absolute atomic E-state index is 0.0279. The zero-order chi connectivity index (χ0) is 15.5. The van der Waals surface area contributed by atoms with Crippen molar-refractivity contribution in [3.63, 3.8) is 0 Å². The van der Waals surface area contributed by atoms with Gasteiger partial charge in [0.1, 0.15) is 11.6 Å². The highest BCUT2D eigenvalue weighted by molar-refractivity contribution is 5.77. The number of carbonyl (C=O) groups is 1. The lowest BCUT2D eigenvalue weighted by Crippen LogP contribution is -2.39. The molecule has 1 amide bonds. The summed E-state index contributed by atoms with van der Waals surface area (Å²) in [6, 6.07) is 2.72. The van der Waals surface area contributed by atoms with Crippen molar-refractivity contribution in [2.75, 3.05) is 0 Å². The summed E-state index contributed by atoms with van der Waals surface area (Å²) >= 11 is 0. The van der Waals surface area contributed by atoms with Gasteiger partial charge in [0.2, 0.25) is 5.91 Å². The van der Waals surface area contributed by atoms with E-state index in [0.29, 0.717) is 12.8 Å². The quantitative estimate of drug-likeness (QED) is 0.896. The molecule has 0 heterocycles. The van der Waals surface area contributed by atoms with E-state index in [1.165, 1.54) is 6.07 Å². The van der Waals surface area contributed by atoms with E-state index in [1.54, 1.807) is 6.92 Å². The highest BCUT2D eigenvalue weighted by atomic mass is 19.1. The average Bonchev–Trinajstić information content (AvgIpc) is 2.38. The molecule has 21 heavy (non-hydrogen) atoms. The van der Waals surface area contributed by atoms with Gasteiger partial charge in [-0.1, -0.05) is 25.3 Å². The van der Waals surface area contributed by atoms with E-state index < -0.39 is 23.3 Å². The summed E-state index contributed by atoms with van der Waals surface area (Å²) < 4.78 is 26.5. The van der Waals surface area contributed by atoms with Crippen LogP contribution in [-0.4, -0.2) is 16.6 Å². The van der Waals surface area contributed by atoms with Crippen molar-refractivity contribution in [3.05, 3.63) is 35.4 Å². The van der Waals surface area contributed by atoms with Crippen LogP contribution >= 0.6 is 0 Å². The minimum atomic E-state index is -0.941. The third-order valence-electron chi connectivity index (χ3n) is 4.08. The number of amides is 1. The average molecular weight is 297 g/mol. The Labute approximate surface area is 123 Å². The van der Waals surface area contributed by atoms with Gasteiger partial charge in [-0.25, -0.2) is 8.78 Å². The molecule has 0 aliphatic heterocycles. The first-order chi connectivity index (χ1) is 9.89. The third kappa shape index (κ3) is 4.24. The Balaban J connectivity index is 1.95. The first kappa shape index (κ1) is 15.9. The van der Waals surface area contributed by atoms with Crippen LogP contribution in [0.4, 0.5) is 8.78 Å². The highest BCUT2D eigenvalue weighted by Gasteiger charge is 2.32. The molecule has 1 aliphatic rings. The number of aliphatic hydroxyl groups is 1. The van der Waals surface area contributed by atoms with Gasteiger partial charge in [-0.15, -0.1) is 0 Å². The molecule has 5 heteroatoms. The van der Waals surface area contributed by atoms with E-state index in [9.17, 15) is 18.7 Å². The van der Waals surface area contributed by atoms with Crippen molar-refractivity contribution in [1.29, 1.82) is 0 Å². The maximum absolute atomic E-state index is 13.6. The zero-order valence-electron chi connectivity index (χ0n) is 12.2. The van der Waals surface area contributed by atoms with Gasteiger partial charge in [-0.2, -0.15) is 0 Å². The molecule has 0 spiro atoms. The molecule has 0 saturated heterocycles. The molecule has 1 aromatic carbocycles. The Morgan fingerprint density at radius 3 is 2.62 bits per heavy atom. The van der Waals surface area contributed by atoms with Crippen LogP contribution in [-0.2, 0) is 4.79 Å². The van der Waals surface area contributed by atoms with Crippen LogP contribution in [0.2, 0.25) is 0 Å². The van der Waals surface area contributed by atoms with Crippen molar-refractivity contribution < 1.29 is 18.7 Å². The van der Waals surface area contributed by atoms with E-state index in [-0.39, 0.29) is 17.9 Å². The van der Waals surface area contributed by atoms with Gasteiger partial charge in [0, 0.05) is 11.6 Å². The molecule has 1 aliphatic carbocycles. The van der Waals surface area contributed by atoms with Crippen molar-refractivity contribution in [2.45, 2.75) is 57.1 Å². The maximum atomic E-state index is 13.6. The second kappa shape index (κ2) is 6.52. The molecule has 0 aromatic heterocycles. The van der Waals surface area contributed by atoms with E-state index in [2.05, 4.69) is 5.32 Å². The third-order valence-corrected chi connectivity index (χ3v) is 4.08. The second-order valence-corrected chi connectivity index (χ2v) is 5.92. The minimum Gasteiger partial charge on any atom is -0.389 e. The number of halogens is 2. The summed E-state index contributed by atoms with van der Waals surface area (Å²) in [7, 11) is 0. The molecule has 1 aromatic rings. The predicted octanol–water partition coefficient (Wildman–Crippen LogP) is 3.23. The smallest absolute Gasteiger partial charge is 0.223 e. The first-order valence-corrected chi connectivity index (χ1v) is 7.36. The van der Waals surface area contributed by atoms with Crippen LogP contribution < -0.4 is 5.32 Å². The highest BCUT2D eigenvalue weighted by Crippen LogP contribution is 2.31. The van der Waals surface area contributed by atoms with Gasteiger partial charge in [-0.3, -0.25) is 4.79 Å². The maximum Gasteiger partial charge on any atom is 0.223 e. The molecule has 1 atom stereocenters. The Hall–Kier alpha value is -1.49. The molecular weight excluding hydrogens is 276 g/mol. The van der Waals surface area contributed by atoms with Crippen molar-refractivity contribution in [2.24, 2.45) is 0 Å². The molecule has 0 radical (unpaired) electrons. The predicted molar refractivity (Wildman–Crippen MR) is 75.6 cm³/mol. The lowest BCUT2D eigenvalue weighted by molar-refractivity contribution is -0.128. The van der Waals surface area contributed by atoms with E-state index >= 15 is 0 Å². The zero-order valence-corrected chi connectivity index (χ0v) is 12.2. The van der Waals surface area contributed by atoms with E-state index in [4.69, 9.17) is 0 Å². The van der Waals surface area contributed by atoms with Crippen molar-refractivity contribution in [3.8, 4) is 0 Å². The Morgan fingerprint density at radius 2 is 2.00 bits per heavy atom. The van der Waals surface area contributed by atoms with Crippen LogP contribution in [0.15, 0.2) is 18.2 Å². The van der Waals surface area contributed by atoms with Crippen LogP contribution in [0.5, 0.6) is 0 Å². The largest absolute Gasteiger partial charge is 0.389 e. The van der Waals surface area contributed by atoms with Crippen LogP contribution in [0.25, 0.3) is 0 Å². The summed E-state index contributed by atoms with van der Waals surface area (Å²) in [5.74, 6) is -1.64. The Bertz CT molecular complexity index is 513. The summed E-state index contributed by atoms with van der Waals surface area (Å²) in [5.41, 5.74) is -0.705. The summed E-state index contributed by atoms with van der Waals surface area (Å²) in [6.45, 7) is 1.64. The van der Waals surface area contributed by atoms with Gasteiger partial charge in [0.15, 0.2) is 0 Å². The fourth-order valence-corrected chi connectivity index (χ4v) is 2.91. The number of carbonyl (C=O) groups excluding carboxylic acids is 1. The van der Waals surface area contributed by atoms with Crippen molar-refractivity contribution >= 4 is 5.91 Å². The lowest BCUT2D eigenvalue weighted by Gasteiger charge is -2.31. The summed E-state index contributed by atoms with van der Waals surface area (Å²) in [4.78, 5) is 12.0. The number of hydrogen-bond acceptors (Lipinski definition) is 2. The molecule has 116 valence electrons. The number of rotatable bonds is 4. The molecule has 1 fully saturated rings. The van der Waals surface area contributed by atoms with Crippen molar-refractivity contribution in [1.82, 2.24) is 5.32 Å². The topological polar surface area (TPSA) is 49.3 Å². The second-order valence-electron chi connectivity index (χ2n) is 5.92. The van der Waals surface area contributed by atoms with Crippen LogP contribution in [0.1, 0.15) is 57.1 Å². The summed E-state index contributed by atoms with van der Waals surface area (Å²) in [6.07, 6.45) is 4.21. The van der Waals surface area contributed by atoms with Gasteiger partial charge in [-0.05, 0) is 25.8 Å². The lowest BCUT2D eigenvalue weighted by atomic mass is 9.82. The van der Waals surface area contributed by atoms with Crippen LogP contribution in [0, 0.1) is 11.6 Å². The van der Waals surface area contributed by atoms with Gasteiger partial charge >= 0.3 is 0 Å². The van der Waals surface area contributed by atoms with Gasteiger partial charge in [0.05, 0.1) is 18.1 Å². The monoisotopic (exact) mass is 297 g/mol. The SMILES string of the molecule is CC(NC(=O)CC1(O)CCCCC1)c1ccc(F)cc1F. The summed E-state index contributed by atoms with van der Waals surface area (Å²) in [5, 5.41) is 13.0. The molecule has 2 N–H and O–H groups in total. The fourth-order valence-electron chi connectivity index (χ4n) is 2.91. The molecular formula is C16H21F2NO2. The number of hydrogen-bond donors (Lipinski definition) is 2. The number of benzene rings is 1. The molecule has 3 nitrogen and oxygen atoms in total. The first-order valence-electron chi connectivity index (χ1n) is 7.36. The normalized spacial score (nSPS) is 19.0. The Kier molecular flexibility index (Phi) is 4.93. The molecule has 0 bridgehead atoms. The van der Waals surface area contributed by atoms with Gasteiger partial charge < -0.3 is 10.4 Å². The number of nitrogens with one attached hydrogen (secondary N) is 1. The van der Waals surface area contributed by atoms with Gasteiger partial charge in [0.25, 0.3) is 0 Å².